The molecule has 27 heavy (non-hydrogen) atoms. The van der Waals surface area contributed by atoms with Gasteiger partial charge in [-0.25, -0.2) is 4.99 Å². The number of nitro groups is 1. The molecule has 1 saturated carbocycles. The van der Waals surface area contributed by atoms with E-state index < -0.39 is 0 Å². The molecule has 0 amide bonds. The van der Waals surface area contributed by atoms with Crippen LogP contribution >= 0.6 is 11.3 Å². The van der Waals surface area contributed by atoms with Crippen molar-refractivity contribution >= 4 is 22.7 Å². The first-order valence-electron chi connectivity index (χ1n) is 9.27. The number of non-ortho nitro benzene ring substituents is 1. The Kier molecular flexibility index (Phi) is 5.16. The van der Waals surface area contributed by atoms with E-state index >= 15 is 0 Å². The zero-order valence-electron chi connectivity index (χ0n) is 15.0. The third kappa shape index (κ3) is 3.85. The molecule has 6 heteroatoms. The minimum Gasteiger partial charge on any atom is -0.313 e. The Morgan fingerprint density at radius 2 is 1.70 bits per heavy atom. The summed E-state index contributed by atoms with van der Waals surface area (Å²) >= 11 is 1.63. The number of hydrogen-bond donors (Lipinski definition) is 0. The van der Waals surface area contributed by atoms with Crippen molar-refractivity contribution in [2.75, 3.05) is 0 Å². The highest BCUT2D eigenvalue weighted by atomic mass is 32.1. The predicted octanol–water partition coefficient (Wildman–Crippen LogP) is 5.86. The van der Waals surface area contributed by atoms with Gasteiger partial charge in [-0.2, -0.15) is 0 Å². The molecule has 0 saturated heterocycles. The van der Waals surface area contributed by atoms with Gasteiger partial charge in [0.05, 0.1) is 16.3 Å². The van der Waals surface area contributed by atoms with E-state index in [0.717, 1.165) is 34.6 Å². The smallest absolute Gasteiger partial charge is 0.269 e. The quantitative estimate of drug-likeness (QED) is 0.421. The zero-order valence-corrected chi connectivity index (χ0v) is 15.8. The Hall–Kier alpha value is -2.73. The number of aromatic nitrogens is 1. The highest BCUT2D eigenvalue weighted by Gasteiger charge is 2.20. The highest BCUT2D eigenvalue weighted by Crippen LogP contribution is 2.33. The molecule has 2 aromatic carbocycles. The van der Waals surface area contributed by atoms with Gasteiger partial charge in [0.2, 0.25) is 0 Å². The lowest BCUT2D eigenvalue weighted by Gasteiger charge is -2.25. The van der Waals surface area contributed by atoms with Crippen molar-refractivity contribution in [2.24, 2.45) is 4.99 Å². The summed E-state index contributed by atoms with van der Waals surface area (Å²) in [6, 6.07) is 17.3. The van der Waals surface area contributed by atoms with Crippen molar-refractivity contribution in [1.82, 2.24) is 4.57 Å². The molecule has 4 rings (SSSR count). The van der Waals surface area contributed by atoms with Crippen LogP contribution in [-0.2, 0) is 0 Å². The first kappa shape index (κ1) is 17.7. The van der Waals surface area contributed by atoms with Crippen LogP contribution in [0, 0.1) is 10.1 Å². The van der Waals surface area contributed by atoms with Gasteiger partial charge in [-0.1, -0.05) is 37.5 Å². The van der Waals surface area contributed by atoms with E-state index in [0.29, 0.717) is 6.04 Å². The van der Waals surface area contributed by atoms with Gasteiger partial charge < -0.3 is 4.57 Å². The topological polar surface area (TPSA) is 60.4 Å². The molecule has 1 aliphatic carbocycles. The Bertz CT molecular complexity index is 984. The van der Waals surface area contributed by atoms with Gasteiger partial charge in [0, 0.05) is 23.6 Å². The normalized spacial score (nSPS) is 15.8. The number of para-hydroxylation sites is 1. The summed E-state index contributed by atoms with van der Waals surface area (Å²) in [5, 5.41) is 13.1. The fraction of sp³-hybridized carbons (Fsp3) is 0.286. The van der Waals surface area contributed by atoms with Gasteiger partial charge in [-0.15, -0.1) is 11.3 Å². The maximum absolute atomic E-state index is 11.0. The third-order valence-corrected chi connectivity index (χ3v) is 5.88. The van der Waals surface area contributed by atoms with Crippen LogP contribution in [-0.4, -0.2) is 9.49 Å². The summed E-state index contributed by atoms with van der Waals surface area (Å²) in [6.07, 6.45) is 6.06. The molecule has 0 N–H and O–H groups in total. The number of benzene rings is 2. The maximum atomic E-state index is 11.0. The second-order valence-electron chi connectivity index (χ2n) is 6.82. The van der Waals surface area contributed by atoms with E-state index in [1.807, 2.05) is 42.5 Å². The SMILES string of the molecule is O=[N+]([O-])c1ccc(-c2csc(=Nc3ccccc3)n2C2CCCCC2)cc1. The summed E-state index contributed by atoms with van der Waals surface area (Å²) in [7, 11) is 0. The molecule has 0 spiro atoms. The molecule has 138 valence electrons. The van der Waals surface area contributed by atoms with Crippen molar-refractivity contribution in [3.8, 4) is 11.3 Å². The monoisotopic (exact) mass is 379 g/mol. The van der Waals surface area contributed by atoms with E-state index in [-0.39, 0.29) is 10.6 Å². The minimum atomic E-state index is -0.358. The fourth-order valence-corrected chi connectivity index (χ4v) is 4.66. The van der Waals surface area contributed by atoms with E-state index in [1.165, 1.54) is 19.3 Å². The molecule has 0 atom stereocenters. The van der Waals surface area contributed by atoms with Crippen molar-refractivity contribution in [2.45, 2.75) is 38.1 Å². The van der Waals surface area contributed by atoms with Gasteiger partial charge in [-0.05, 0) is 42.7 Å². The van der Waals surface area contributed by atoms with Gasteiger partial charge in [0.25, 0.3) is 5.69 Å². The molecular formula is C21H21N3O2S. The van der Waals surface area contributed by atoms with E-state index in [9.17, 15) is 10.1 Å². The summed E-state index contributed by atoms with van der Waals surface area (Å²) in [5.74, 6) is 0. The van der Waals surface area contributed by atoms with Gasteiger partial charge in [0.1, 0.15) is 0 Å². The molecule has 5 nitrogen and oxygen atoms in total. The minimum absolute atomic E-state index is 0.118. The van der Waals surface area contributed by atoms with Gasteiger partial charge >= 0.3 is 0 Å². The zero-order chi connectivity index (χ0) is 18.6. The molecule has 0 radical (unpaired) electrons. The number of nitro benzene ring substituents is 1. The number of hydrogen-bond acceptors (Lipinski definition) is 4. The fourth-order valence-electron chi connectivity index (χ4n) is 3.67. The summed E-state index contributed by atoms with van der Waals surface area (Å²) in [4.78, 5) is 16.5. The highest BCUT2D eigenvalue weighted by molar-refractivity contribution is 7.07. The van der Waals surface area contributed by atoms with E-state index in [1.54, 1.807) is 23.5 Å². The van der Waals surface area contributed by atoms with Crippen LogP contribution < -0.4 is 4.80 Å². The number of rotatable bonds is 4. The number of thiazole rings is 1. The van der Waals surface area contributed by atoms with Crippen molar-refractivity contribution in [3.63, 3.8) is 0 Å². The molecule has 1 aliphatic rings. The van der Waals surface area contributed by atoms with Crippen LogP contribution in [0.1, 0.15) is 38.1 Å². The second kappa shape index (κ2) is 7.88. The Labute approximate surface area is 161 Å². The average molecular weight is 379 g/mol. The molecule has 1 fully saturated rings. The summed E-state index contributed by atoms with van der Waals surface area (Å²) in [6.45, 7) is 0. The second-order valence-corrected chi connectivity index (χ2v) is 7.65. The first-order valence-corrected chi connectivity index (χ1v) is 10.1. The standard InChI is InChI=1S/C21H21N3O2S/c25-24(26)19-13-11-16(12-14-19)20-15-27-21(22-17-7-3-1-4-8-17)23(20)18-9-5-2-6-10-18/h1,3-4,7-8,11-15,18H,2,5-6,9-10H2. The van der Waals surface area contributed by atoms with Crippen LogP contribution in [0.4, 0.5) is 11.4 Å². The average Bonchev–Trinajstić information content (AvgIpc) is 3.13. The van der Waals surface area contributed by atoms with Gasteiger partial charge in [0.15, 0.2) is 4.80 Å². The van der Waals surface area contributed by atoms with Crippen molar-refractivity contribution in [3.05, 3.63) is 74.9 Å². The molecule has 0 unspecified atom stereocenters. The van der Waals surface area contributed by atoms with E-state index in [4.69, 9.17) is 4.99 Å². The first-order chi connectivity index (χ1) is 13.2. The Morgan fingerprint density at radius 3 is 2.37 bits per heavy atom. The lowest BCUT2D eigenvalue weighted by molar-refractivity contribution is -0.384. The summed E-state index contributed by atoms with van der Waals surface area (Å²) in [5.41, 5.74) is 3.15. The molecule has 1 aromatic heterocycles. The lowest BCUT2D eigenvalue weighted by atomic mass is 9.95. The third-order valence-electron chi connectivity index (χ3n) is 5.04. The van der Waals surface area contributed by atoms with Crippen LogP contribution in [0.3, 0.4) is 0 Å². The maximum Gasteiger partial charge on any atom is 0.269 e. The summed E-state index contributed by atoms with van der Waals surface area (Å²) < 4.78 is 2.35. The molecule has 0 aliphatic heterocycles. The van der Waals surface area contributed by atoms with Gasteiger partial charge in [-0.3, -0.25) is 10.1 Å². The molecular weight excluding hydrogens is 358 g/mol. The largest absolute Gasteiger partial charge is 0.313 e. The van der Waals surface area contributed by atoms with Crippen LogP contribution in [0.2, 0.25) is 0 Å². The molecule has 1 heterocycles. The van der Waals surface area contributed by atoms with E-state index in [2.05, 4.69) is 9.95 Å². The predicted molar refractivity (Wildman–Crippen MR) is 108 cm³/mol. The lowest BCUT2D eigenvalue weighted by Crippen LogP contribution is -2.23. The van der Waals surface area contributed by atoms with Crippen molar-refractivity contribution in [1.29, 1.82) is 0 Å². The molecule has 0 bridgehead atoms. The molecule has 3 aromatic rings. The Morgan fingerprint density at radius 1 is 1.00 bits per heavy atom. The van der Waals surface area contributed by atoms with Crippen LogP contribution in [0.25, 0.3) is 11.3 Å². The number of nitrogens with zero attached hydrogens (tertiary/aromatic N) is 3. The van der Waals surface area contributed by atoms with Crippen LogP contribution in [0.15, 0.2) is 65.0 Å². The Balaban J connectivity index is 1.81. The van der Waals surface area contributed by atoms with Crippen LogP contribution in [0.5, 0.6) is 0 Å². The van der Waals surface area contributed by atoms with Crippen molar-refractivity contribution < 1.29 is 4.92 Å².